The van der Waals surface area contributed by atoms with Crippen molar-refractivity contribution in [3.8, 4) is 0 Å². The zero-order chi connectivity index (χ0) is 17.3. The highest BCUT2D eigenvalue weighted by Gasteiger charge is 2.31. The monoisotopic (exact) mass is 385 g/mol. The second-order valence-electron chi connectivity index (χ2n) is 6.13. The molecule has 0 spiro atoms. The van der Waals surface area contributed by atoms with Crippen LogP contribution in [0.4, 0.5) is 5.69 Å². The van der Waals surface area contributed by atoms with Crippen LogP contribution >= 0.6 is 15.9 Å². The minimum atomic E-state index is -0.0484. The van der Waals surface area contributed by atoms with Gasteiger partial charge in [-0.3, -0.25) is 4.79 Å². The molecule has 0 aromatic heterocycles. The lowest BCUT2D eigenvalue weighted by molar-refractivity contribution is -0.130. The standard InChI is InChI=1S/C19H20BrN3O/c1-13(24)23-19(14-7-9-17(10-8-14)22(2)3)12-18(21-23)15-5-4-6-16(20)11-15/h4-11,19H,12H2,1-3H3. The van der Waals surface area contributed by atoms with Crippen molar-refractivity contribution in [2.45, 2.75) is 19.4 Å². The van der Waals surface area contributed by atoms with Crippen molar-refractivity contribution in [1.29, 1.82) is 0 Å². The topological polar surface area (TPSA) is 35.9 Å². The smallest absolute Gasteiger partial charge is 0.240 e. The van der Waals surface area contributed by atoms with E-state index < -0.39 is 0 Å². The van der Waals surface area contributed by atoms with E-state index >= 15 is 0 Å². The first-order chi connectivity index (χ1) is 11.5. The fourth-order valence-corrected chi connectivity index (χ4v) is 3.30. The lowest BCUT2D eigenvalue weighted by Gasteiger charge is -2.21. The van der Waals surface area contributed by atoms with E-state index in [0.29, 0.717) is 0 Å². The van der Waals surface area contributed by atoms with E-state index in [4.69, 9.17) is 0 Å². The third-order valence-corrected chi connectivity index (χ3v) is 4.68. The van der Waals surface area contributed by atoms with Gasteiger partial charge in [-0.1, -0.05) is 40.2 Å². The Morgan fingerprint density at radius 3 is 2.50 bits per heavy atom. The quantitative estimate of drug-likeness (QED) is 0.792. The minimum Gasteiger partial charge on any atom is -0.378 e. The molecule has 0 N–H and O–H groups in total. The number of rotatable bonds is 3. The summed E-state index contributed by atoms with van der Waals surface area (Å²) in [5, 5.41) is 6.18. The third kappa shape index (κ3) is 3.36. The van der Waals surface area contributed by atoms with Crippen molar-refractivity contribution in [3.05, 3.63) is 64.1 Å². The van der Waals surface area contributed by atoms with Crippen LogP contribution in [0, 0.1) is 0 Å². The predicted molar refractivity (Wildman–Crippen MR) is 101 cm³/mol. The summed E-state index contributed by atoms with van der Waals surface area (Å²) >= 11 is 3.49. The van der Waals surface area contributed by atoms with Gasteiger partial charge in [0.2, 0.25) is 5.91 Å². The van der Waals surface area contributed by atoms with Crippen molar-refractivity contribution in [2.75, 3.05) is 19.0 Å². The average molecular weight is 386 g/mol. The molecule has 1 aliphatic heterocycles. The van der Waals surface area contributed by atoms with Crippen LogP contribution in [0.2, 0.25) is 0 Å². The summed E-state index contributed by atoms with van der Waals surface area (Å²) in [7, 11) is 4.03. The molecule has 0 saturated carbocycles. The highest BCUT2D eigenvalue weighted by atomic mass is 79.9. The van der Waals surface area contributed by atoms with Crippen LogP contribution in [0.25, 0.3) is 0 Å². The van der Waals surface area contributed by atoms with Gasteiger partial charge in [-0.25, -0.2) is 5.01 Å². The predicted octanol–water partition coefficient (Wildman–Crippen LogP) is 4.21. The van der Waals surface area contributed by atoms with Gasteiger partial charge in [-0.05, 0) is 35.4 Å². The third-order valence-electron chi connectivity index (χ3n) is 4.19. The van der Waals surface area contributed by atoms with Gasteiger partial charge in [0.05, 0.1) is 11.8 Å². The molecule has 124 valence electrons. The lowest BCUT2D eigenvalue weighted by atomic mass is 9.98. The largest absolute Gasteiger partial charge is 0.378 e. The molecule has 1 aliphatic rings. The summed E-state index contributed by atoms with van der Waals surface area (Å²) in [6.07, 6.45) is 0.720. The number of benzene rings is 2. The molecule has 1 atom stereocenters. The van der Waals surface area contributed by atoms with Crippen molar-refractivity contribution in [2.24, 2.45) is 5.10 Å². The molecule has 2 aromatic rings. The number of carbonyl (C=O) groups is 1. The Morgan fingerprint density at radius 2 is 1.92 bits per heavy atom. The lowest BCUT2D eigenvalue weighted by Crippen LogP contribution is -2.24. The zero-order valence-electron chi connectivity index (χ0n) is 14.0. The van der Waals surface area contributed by atoms with Crippen LogP contribution in [0.5, 0.6) is 0 Å². The highest BCUT2D eigenvalue weighted by molar-refractivity contribution is 9.10. The highest BCUT2D eigenvalue weighted by Crippen LogP contribution is 2.33. The van der Waals surface area contributed by atoms with E-state index in [-0.39, 0.29) is 11.9 Å². The van der Waals surface area contributed by atoms with E-state index in [1.54, 1.807) is 11.9 Å². The number of hydrogen-bond acceptors (Lipinski definition) is 3. The van der Waals surface area contributed by atoms with Gasteiger partial charge < -0.3 is 4.90 Å². The maximum absolute atomic E-state index is 12.1. The molecule has 1 unspecified atom stereocenters. The normalized spacial score (nSPS) is 16.9. The first-order valence-electron chi connectivity index (χ1n) is 7.86. The molecule has 0 bridgehead atoms. The van der Waals surface area contributed by atoms with Crippen LogP contribution in [-0.2, 0) is 4.79 Å². The number of nitrogens with zero attached hydrogens (tertiary/aromatic N) is 3. The number of carbonyl (C=O) groups excluding carboxylic acids is 1. The van der Waals surface area contributed by atoms with Gasteiger partial charge in [0.15, 0.2) is 0 Å². The second-order valence-corrected chi connectivity index (χ2v) is 7.04. The number of anilines is 1. The van der Waals surface area contributed by atoms with E-state index in [9.17, 15) is 4.79 Å². The summed E-state index contributed by atoms with van der Waals surface area (Å²) in [5.41, 5.74) is 4.22. The van der Waals surface area contributed by atoms with Gasteiger partial charge >= 0.3 is 0 Å². The van der Waals surface area contributed by atoms with Gasteiger partial charge in [-0.2, -0.15) is 5.10 Å². The summed E-state index contributed by atoms with van der Waals surface area (Å²) in [6, 6.07) is 16.3. The van der Waals surface area contributed by atoms with Crippen LogP contribution in [-0.4, -0.2) is 30.7 Å². The number of hydrazone groups is 1. The number of amides is 1. The molecular weight excluding hydrogens is 366 g/mol. The molecule has 0 fully saturated rings. The van der Waals surface area contributed by atoms with Crippen molar-refractivity contribution < 1.29 is 4.79 Å². The van der Waals surface area contributed by atoms with E-state index in [1.807, 2.05) is 38.4 Å². The zero-order valence-corrected chi connectivity index (χ0v) is 15.6. The van der Waals surface area contributed by atoms with Crippen molar-refractivity contribution >= 4 is 33.2 Å². The molecule has 1 heterocycles. The van der Waals surface area contributed by atoms with E-state index in [1.165, 1.54) is 0 Å². The molecule has 4 nitrogen and oxygen atoms in total. The van der Waals surface area contributed by atoms with Gasteiger partial charge in [-0.15, -0.1) is 0 Å². The van der Waals surface area contributed by atoms with Gasteiger partial charge in [0, 0.05) is 37.6 Å². The first kappa shape index (κ1) is 16.7. The Morgan fingerprint density at radius 1 is 1.21 bits per heavy atom. The summed E-state index contributed by atoms with van der Waals surface area (Å²) < 4.78 is 1.01. The maximum atomic E-state index is 12.1. The van der Waals surface area contributed by atoms with Crippen LogP contribution < -0.4 is 4.90 Å². The van der Waals surface area contributed by atoms with Gasteiger partial charge in [0.25, 0.3) is 0 Å². The number of halogens is 1. The Balaban J connectivity index is 1.90. The molecule has 2 aromatic carbocycles. The van der Waals surface area contributed by atoms with Crippen LogP contribution in [0.15, 0.2) is 58.1 Å². The van der Waals surface area contributed by atoms with E-state index in [2.05, 4.69) is 50.2 Å². The second kappa shape index (κ2) is 6.77. The maximum Gasteiger partial charge on any atom is 0.240 e. The molecule has 3 rings (SSSR count). The van der Waals surface area contributed by atoms with Crippen LogP contribution in [0.1, 0.15) is 30.5 Å². The Hall–Kier alpha value is -2.14. The molecular formula is C19H20BrN3O. The van der Waals surface area contributed by atoms with Crippen molar-refractivity contribution in [1.82, 2.24) is 5.01 Å². The molecule has 0 radical (unpaired) electrons. The molecule has 0 aliphatic carbocycles. The fourth-order valence-electron chi connectivity index (χ4n) is 2.90. The minimum absolute atomic E-state index is 0.0401. The Labute approximate surface area is 150 Å². The molecule has 0 saturated heterocycles. The summed E-state index contributed by atoms with van der Waals surface area (Å²) in [6.45, 7) is 1.56. The SMILES string of the molecule is CC(=O)N1N=C(c2cccc(Br)c2)CC1c1ccc(N(C)C)cc1. The van der Waals surface area contributed by atoms with Crippen LogP contribution in [0.3, 0.4) is 0 Å². The fraction of sp³-hybridized carbons (Fsp3) is 0.263. The van der Waals surface area contributed by atoms with E-state index in [0.717, 1.165) is 33.4 Å². The average Bonchev–Trinajstić information content (AvgIpc) is 3.00. The number of hydrogen-bond donors (Lipinski definition) is 0. The summed E-state index contributed by atoms with van der Waals surface area (Å²) in [4.78, 5) is 14.1. The first-order valence-corrected chi connectivity index (χ1v) is 8.65. The molecule has 5 heteroatoms. The summed E-state index contributed by atoms with van der Waals surface area (Å²) in [5.74, 6) is -0.0401. The van der Waals surface area contributed by atoms with Gasteiger partial charge in [0.1, 0.15) is 0 Å². The Bertz CT molecular complexity index is 783. The Kier molecular flexibility index (Phi) is 4.71. The molecule has 24 heavy (non-hydrogen) atoms. The molecule has 1 amide bonds. The van der Waals surface area contributed by atoms with Crippen molar-refractivity contribution in [3.63, 3.8) is 0 Å².